The number of imide groups is 1. The van der Waals surface area contributed by atoms with Crippen molar-refractivity contribution in [1.29, 1.82) is 0 Å². The topological polar surface area (TPSA) is 105 Å². The number of likely N-dealkylation sites (tertiary alicyclic amines) is 1. The summed E-state index contributed by atoms with van der Waals surface area (Å²) in [5, 5.41) is 4.25. The first-order valence-electron chi connectivity index (χ1n) is 8.45. The molecule has 140 valence electrons. The minimum atomic E-state index is -0.690. The number of nitrogens with zero attached hydrogens (tertiary/aromatic N) is 1. The number of carbonyl (C=O) groups is 4. The molecule has 0 spiro atoms. The Hall–Kier alpha value is -2.90. The smallest absolute Gasteiger partial charge is 0.321 e. The molecule has 0 aliphatic carbocycles. The van der Waals surface area contributed by atoms with E-state index in [-0.39, 0.29) is 11.8 Å². The number of nitrogens with one attached hydrogen (secondary N) is 2. The molecule has 0 unspecified atom stereocenters. The predicted molar refractivity (Wildman–Crippen MR) is 93.4 cm³/mol. The number of piperidine rings is 1. The quantitative estimate of drug-likeness (QED) is 0.774. The molecule has 26 heavy (non-hydrogen) atoms. The molecule has 0 atom stereocenters. The number of benzene rings is 1. The molecule has 4 amide bonds. The molecule has 1 aromatic rings. The molecule has 8 nitrogen and oxygen atoms in total. The number of urea groups is 1. The van der Waals surface area contributed by atoms with Crippen LogP contribution in [0.2, 0.25) is 0 Å². The average molecular weight is 361 g/mol. The fourth-order valence-corrected chi connectivity index (χ4v) is 2.78. The van der Waals surface area contributed by atoms with Gasteiger partial charge in [-0.15, -0.1) is 0 Å². The zero-order valence-electron chi connectivity index (χ0n) is 14.9. The van der Waals surface area contributed by atoms with Gasteiger partial charge in [-0.2, -0.15) is 0 Å². The molecule has 2 rings (SSSR count). The van der Waals surface area contributed by atoms with Gasteiger partial charge in [0.15, 0.2) is 6.61 Å². The molecule has 1 heterocycles. The highest BCUT2D eigenvalue weighted by Crippen LogP contribution is 2.21. The largest absolute Gasteiger partial charge is 0.455 e. The van der Waals surface area contributed by atoms with Gasteiger partial charge in [0, 0.05) is 25.7 Å². The fraction of sp³-hybridized carbons (Fsp3) is 0.444. The molecule has 0 saturated carbocycles. The van der Waals surface area contributed by atoms with Crippen molar-refractivity contribution in [2.45, 2.75) is 19.8 Å². The van der Waals surface area contributed by atoms with E-state index in [1.54, 1.807) is 11.0 Å². The second kappa shape index (κ2) is 8.98. The summed E-state index contributed by atoms with van der Waals surface area (Å²) in [6, 6.07) is 6.74. The lowest BCUT2D eigenvalue weighted by atomic mass is 9.96. The Morgan fingerprint density at radius 1 is 1.15 bits per heavy atom. The Kier molecular flexibility index (Phi) is 6.71. The van der Waals surface area contributed by atoms with E-state index in [2.05, 4.69) is 5.32 Å². The minimum Gasteiger partial charge on any atom is -0.455 e. The standard InChI is InChI=1S/C18H23N3O5/c1-12-5-3-4-6-14(12)16(23)21-9-7-13(8-10-21)17(24)26-11-15(22)20-18(25)19-2/h3-6,13H,7-11H2,1-2H3,(H2,19,20,22,25). The van der Waals surface area contributed by atoms with Crippen molar-refractivity contribution in [3.8, 4) is 0 Å². The molecule has 2 N–H and O–H groups in total. The number of carbonyl (C=O) groups excluding carboxylic acids is 4. The van der Waals surface area contributed by atoms with Gasteiger partial charge in [0.2, 0.25) is 0 Å². The molecule has 0 bridgehead atoms. The van der Waals surface area contributed by atoms with Crippen LogP contribution >= 0.6 is 0 Å². The van der Waals surface area contributed by atoms with Crippen molar-refractivity contribution in [1.82, 2.24) is 15.5 Å². The summed E-state index contributed by atoms with van der Waals surface area (Å²) in [5.41, 5.74) is 1.58. The lowest BCUT2D eigenvalue weighted by Crippen LogP contribution is -2.42. The normalized spacial score (nSPS) is 14.5. The van der Waals surface area contributed by atoms with E-state index in [0.29, 0.717) is 31.5 Å². The van der Waals surface area contributed by atoms with Crippen LogP contribution in [0.4, 0.5) is 4.79 Å². The van der Waals surface area contributed by atoms with Gasteiger partial charge < -0.3 is 15.0 Å². The van der Waals surface area contributed by atoms with E-state index < -0.39 is 24.5 Å². The highest BCUT2D eigenvalue weighted by atomic mass is 16.5. The van der Waals surface area contributed by atoms with Gasteiger partial charge in [-0.1, -0.05) is 18.2 Å². The molecular formula is C18H23N3O5. The lowest BCUT2D eigenvalue weighted by molar-refractivity contribution is -0.153. The Balaban J connectivity index is 1.80. The van der Waals surface area contributed by atoms with Gasteiger partial charge in [-0.05, 0) is 31.4 Å². The number of hydrogen-bond acceptors (Lipinski definition) is 5. The summed E-state index contributed by atoms with van der Waals surface area (Å²) in [7, 11) is 1.38. The van der Waals surface area contributed by atoms with Crippen molar-refractivity contribution in [3.63, 3.8) is 0 Å². The first kappa shape index (κ1) is 19.4. The first-order valence-corrected chi connectivity index (χ1v) is 8.45. The Labute approximate surface area is 151 Å². The maximum Gasteiger partial charge on any atom is 0.321 e. The van der Waals surface area contributed by atoms with Crippen LogP contribution in [-0.4, -0.2) is 55.5 Å². The zero-order chi connectivity index (χ0) is 19.1. The highest BCUT2D eigenvalue weighted by Gasteiger charge is 2.29. The number of aryl methyl sites for hydroxylation is 1. The number of hydrogen-bond donors (Lipinski definition) is 2. The third-order valence-corrected chi connectivity index (χ3v) is 4.32. The van der Waals surface area contributed by atoms with Gasteiger partial charge in [0.1, 0.15) is 0 Å². The van der Waals surface area contributed by atoms with Crippen LogP contribution in [0, 0.1) is 12.8 Å². The second-order valence-electron chi connectivity index (χ2n) is 6.12. The van der Waals surface area contributed by atoms with Crippen molar-refractivity contribution in [3.05, 3.63) is 35.4 Å². The van der Waals surface area contributed by atoms with Crippen LogP contribution in [0.15, 0.2) is 24.3 Å². The summed E-state index contributed by atoms with van der Waals surface area (Å²) in [4.78, 5) is 48.8. The Morgan fingerprint density at radius 3 is 2.42 bits per heavy atom. The highest BCUT2D eigenvalue weighted by molar-refractivity contribution is 5.96. The third kappa shape index (κ3) is 5.05. The summed E-state index contributed by atoms with van der Waals surface area (Å²) >= 11 is 0. The molecule has 1 aliphatic rings. The maximum atomic E-state index is 12.6. The molecular weight excluding hydrogens is 338 g/mol. The zero-order valence-corrected chi connectivity index (χ0v) is 14.9. The summed E-state index contributed by atoms with van der Waals surface area (Å²) in [5.74, 6) is -1.58. The van der Waals surface area contributed by atoms with Crippen molar-refractivity contribution in [2.24, 2.45) is 5.92 Å². The van der Waals surface area contributed by atoms with E-state index in [1.165, 1.54) is 7.05 Å². The minimum absolute atomic E-state index is 0.0418. The Morgan fingerprint density at radius 2 is 1.81 bits per heavy atom. The molecule has 8 heteroatoms. The van der Waals surface area contributed by atoms with Crippen LogP contribution in [-0.2, 0) is 14.3 Å². The van der Waals surface area contributed by atoms with Crippen LogP contribution in [0.1, 0.15) is 28.8 Å². The van der Waals surface area contributed by atoms with E-state index in [1.807, 2.05) is 30.4 Å². The molecule has 1 saturated heterocycles. The number of ether oxygens (including phenoxy) is 1. The van der Waals surface area contributed by atoms with E-state index >= 15 is 0 Å². The van der Waals surface area contributed by atoms with Gasteiger partial charge in [0.05, 0.1) is 5.92 Å². The number of amides is 4. The van der Waals surface area contributed by atoms with Crippen LogP contribution in [0.25, 0.3) is 0 Å². The SMILES string of the molecule is CNC(=O)NC(=O)COC(=O)C1CCN(C(=O)c2ccccc2C)CC1. The van der Waals surface area contributed by atoms with Crippen LogP contribution in [0.3, 0.4) is 0 Å². The van der Waals surface area contributed by atoms with Gasteiger partial charge in [-0.3, -0.25) is 19.7 Å². The van der Waals surface area contributed by atoms with E-state index in [9.17, 15) is 19.2 Å². The lowest BCUT2D eigenvalue weighted by Gasteiger charge is -2.31. The summed E-state index contributed by atoms with van der Waals surface area (Å²) < 4.78 is 4.95. The van der Waals surface area contributed by atoms with Crippen LogP contribution in [0.5, 0.6) is 0 Å². The summed E-state index contributed by atoms with van der Waals surface area (Å²) in [6.07, 6.45) is 0.959. The van der Waals surface area contributed by atoms with Gasteiger partial charge in [-0.25, -0.2) is 4.79 Å². The van der Waals surface area contributed by atoms with E-state index in [0.717, 1.165) is 5.56 Å². The molecule has 1 fully saturated rings. The predicted octanol–water partition coefficient (Wildman–Crippen LogP) is 0.846. The molecule has 1 aromatic carbocycles. The first-order chi connectivity index (χ1) is 12.4. The average Bonchev–Trinajstić information content (AvgIpc) is 2.66. The van der Waals surface area contributed by atoms with Gasteiger partial charge in [0.25, 0.3) is 11.8 Å². The van der Waals surface area contributed by atoms with Crippen molar-refractivity contribution < 1.29 is 23.9 Å². The van der Waals surface area contributed by atoms with Gasteiger partial charge >= 0.3 is 12.0 Å². The Bertz CT molecular complexity index is 696. The van der Waals surface area contributed by atoms with Crippen LogP contribution < -0.4 is 10.6 Å². The van der Waals surface area contributed by atoms with Crippen molar-refractivity contribution >= 4 is 23.8 Å². The maximum absolute atomic E-state index is 12.6. The molecule has 0 aromatic heterocycles. The molecule has 1 aliphatic heterocycles. The summed E-state index contributed by atoms with van der Waals surface area (Å²) in [6.45, 7) is 2.30. The number of esters is 1. The second-order valence-corrected chi connectivity index (χ2v) is 6.12. The number of rotatable bonds is 4. The fourth-order valence-electron chi connectivity index (χ4n) is 2.78. The van der Waals surface area contributed by atoms with Crippen molar-refractivity contribution in [2.75, 3.05) is 26.7 Å². The third-order valence-electron chi connectivity index (χ3n) is 4.32. The van der Waals surface area contributed by atoms with E-state index in [4.69, 9.17) is 4.74 Å². The molecule has 0 radical (unpaired) electrons. The monoisotopic (exact) mass is 361 g/mol.